The molecule has 0 aliphatic heterocycles. The van der Waals surface area contributed by atoms with E-state index in [1.54, 1.807) is 31.0 Å². The molecule has 1 aromatic carbocycles. The molecule has 0 saturated carbocycles. The molecule has 10 heteroatoms. The molecular formula is C18H21BrFN5O3. The number of benzene rings is 1. The minimum absolute atomic E-state index is 0.0246. The molecule has 2 N–H and O–H groups in total. The van der Waals surface area contributed by atoms with Gasteiger partial charge in [0.05, 0.1) is 11.1 Å². The second-order valence-corrected chi connectivity index (χ2v) is 6.53. The topological polar surface area (TPSA) is 96.0 Å². The van der Waals surface area contributed by atoms with Crippen molar-refractivity contribution in [1.82, 2.24) is 15.6 Å². The summed E-state index contributed by atoms with van der Waals surface area (Å²) in [5.41, 5.74) is 2.03. The summed E-state index contributed by atoms with van der Waals surface area (Å²) in [6, 6.07) is 4.52. The van der Waals surface area contributed by atoms with Gasteiger partial charge in [0.15, 0.2) is 5.84 Å². The number of aliphatic hydroxyl groups excluding tert-OH is 1. The number of ether oxygens (including phenoxy) is 1. The van der Waals surface area contributed by atoms with E-state index >= 15 is 0 Å². The zero-order valence-electron chi connectivity index (χ0n) is 15.6. The van der Waals surface area contributed by atoms with Crippen LogP contribution in [-0.4, -0.2) is 48.1 Å². The van der Waals surface area contributed by atoms with Crippen molar-refractivity contribution in [2.24, 2.45) is 4.99 Å². The molecule has 0 aliphatic carbocycles. The summed E-state index contributed by atoms with van der Waals surface area (Å²) in [4.78, 5) is 5.95. The van der Waals surface area contributed by atoms with Crippen LogP contribution in [0.1, 0.15) is 12.6 Å². The zero-order chi connectivity index (χ0) is 20.7. The quantitative estimate of drug-likeness (QED) is 0.445. The highest BCUT2D eigenvalue weighted by Gasteiger charge is 2.25. The van der Waals surface area contributed by atoms with Crippen LogP contribution in [-0.2, 0) is 0 Å². The summed E-state index contributed by atoms with van der Waals surface area (Å²) < 4.78 is 24.4. The van der Waals surface area contributed by atoms with Gasteiger partial charge in [-0.05, 0) is 51.4 Å². The second-order valence-electron chi connectivity index (χ2n) is 5.68. The van der Waals surface area contributed by atoms with Crippen LogP contribution in [0.5, 0.6) is 5.88 Å². The minimum atomic E-state index is -0.388. The number of anilines is 1. The Morgan fingerprint density at radius 2 is 2.18 bits per heavy atom. The Labute approximate surface area is 170 Å². The summed E-state index contributed by atoms with van der Waals surface area (Å²) in [5, 5.41) is 19.4. The SMILES string of the molecule is C=C(COc1nonc1C(=NC)N(C(=C)C)c1ccc(F)c(Br)c1)NCCO. The van der Waals surface area contributed by atoms with Crippen LogP contribution in [0.25, 0.3) is 0 Å². The molecule has 0 spiro atoms. The van der Waals surface area contributed by atoms with Crippen LogP contribution >= 0.6 is 15.9 Å². The van der Waals surface area contributed by atoms with Gasteiger partial charge in [0.2, 0.25) is 5.69 Å². The van der Waals surface area contributed by atoms with Crippen molar-refractivity contribution in [3.05, 3.63) is 58.7 Å². The molecule has 28 heavy (non-hydrogen) atoms. The fraction of sp³-hybridized carbons (Fsp3) is 0.278. The number of aromatic nitrogens is 2. The van der Waals surface area contributed by atoms with E-state index in [0.29, 0.717) is 33.9 Å². The first kappa shape index (κ1) is 21.6. The molecule has 0 atom stereocenters. The molecule has 150 valence electrons. The number of aliphatic hydroxyl groups is 1. The van der Waals surface area contributed by atoms with Gasteiger partial charge >= 0.3 is 0 Å². The molecule has 2 aromatic rings. The van der Waals surface area contributed by atoms with E-state index < -0.39 is 0 Å². The summed E-state index contributed by atoms with van der Waals surface area (Å²) in [5.74, 6) is 0.0811. The number of rotatable bonds is 9. The molecular weight excluding hydrogens is 433 g/mol. The summed E-state index contributed by atoms with van der Waals surface area (Å²) in [6.45, 7) is 9.96. The fourth-order valence-corrected chi connectivity index (χ4v) is 2.68. The van der Waals surface area contributed by atoms with Crippen molar-refractivity contribution in [3.63, 3.8) is 0 Å². The van der Waals surface area contributed by atoms with E-state index in [-0.39, 0.29) is 30.6 Å². The lowest BCUT2D eigenvalue weighted by atomic mass is 10.2. The number of hydrogen-bond donors (Lipinski definition) is 2. The Hall–Kier alpha value is -2.72. The monoisotopic (exact) mass is 453 g/mol. The molecule has 0 bridgehead atoms. The van der Waals surface area contributed by atoms with Gasteiger partial charge in [-0.3, -0.25) is 9.89 Å². The van der Waals surface area contributed by atoms with Crippen LogP contribution in [0.15, 0.2) is 56.8 Å². The molecule has 1 aromatic heterocycles. The third-order valence-corrected chi connectivity index (χ3v) is 4.11. The lowest BCUT2D eigenvalue weighted by Gasteiger charge is -2.25. The standard InChI is InChI=1S/C18H21BrFN5O3/c1-11(2)25(13-5-6-15(20)14(19)9-13)17(21-4)16-18(24-28-23-16)27-10-12(3)22-7-8-26/h5-6,9,22,26H,1,3,7-8,10H2,2,4H3. The summed E-state index contributed by atoms with van der Waals surface area (Å²) in [7, 11) is 1.57. The number of nitrogens with zero attached hydrogens (tertiary/aromatic N) is 4. The molecule has 1 heterocycles. The first-order valence-electron chi connectivity index (χ1n) is 8.24. The molecule has 0 saturated heterocycles. The predicted octanol–water partition coefficient (Wildman–Crippen LogP) is 2.86. The van der Waals surface area contributed by atoms with Crippen LogP contribution in [0, 0.1) is 5.82 Å². The van der Waals surface area contributed by atoms with E-state index in [0.717, 1.165) is 0 Å². The Kier molecular flexibility index (Phi) is 7.70. The molecule has 2 rings (SSSR count). The Balaban J connectivity index is 2.31. The third kappa shape index (κ3) is 5.17. The summed E-state index contributed by atoms with van der Waals surface area (Å²) >= 11 is 3.18. The van der Waals surface area contributed by atoms with Crippen LogP contribution in [0.2, 0.25) is 0 Å². The molecule has 0 amide bonds. The Morgan fingerprint density at radius 3 is 2.79 bits per heavy atom. The van der Waals surface area contributed by atoms with Crippen molar-refractivity contribution < 1.29 is 18.9 Å². The van der Waals surface area contributed by atoms with Crippen LogP contribution < -0.4 is 15.0 Å². The van der Waals surface area contributed by atoms with Crippen LogP contribution in [0.3, 0.4) is 0 Å². The van der Waals surface area contributed by atoms with E-state index in [1.165, 1.54) is 6.07 Å². The van der Waals surface area contributed by atoms with Crippen molar-refractivity contribution in [2.75, 3.05) is 31.7 Å². The maximum absolute atomic E-state index is 13.6. The largest absolute Gasteiger partial charge is 0.467 e. The van der Waals surface area contributed by atoms with Gasteiger partial charge in [-0.2, -0.15) is 0 Å². The van der Waals surface area contributed by atoms with E-state index in [4.69, 9.17) is 14.5 Å². The minimum Gasteiger partial charge on any atom is -0.467 e. The van der Waals surface area contributed by atoms with Crippen molar-refractivity contribution >= 4 is 27.5 Å². The van der Waals surface area contributed by atoms with Gasteiger partial charge < -0.3 is 15.2 Å². The Morgan fingerprint density at radius 1 is 1.43 bits per heavy atom. The maximum Gasteiger partial charge on any atom is 0.287 e. The van der Waals surface area contributed by atoms with Crippen LogP contribution in [0.4, 0.5) is 10.1 Å². The third-order valence-electron chi connectivity index (χ3n) is 3.51. The predicted molar refractivity (Wildman–Crippen MR) is 108 cm³/mol. The average Bonchev–Trinajstić information content (AvgIpc) is 3.13. The lowest BCUT2D eigenvalue weighted by Crippen LogP contribution is -2.30. The second kappa shape index (κ2) is 10.00. The van der Waals surface area contributed by atoms with E-state index in [1.807, 2.05) is 0 Å². The van der Waals surface area contributed by atoms with Gasteiger partial charge in [0.1, 0.15) is 12.4 Å². The van der Waals surface area contributed by atoms with Crippen molar-refractivity contribution in [1.29, 1.82) is 0 Å². The van der Waals surface area contributed by atoms with Gasteiger partial charge in [-0.25, -0.2) is 9.02 Å². The molecule has 0 unspecified atom stereocenters. The van der Waals surface area contributed by atoms with E-state index in [2.05, 4.69) is 49.7 Å². The smallest absolute Gasteiger partial charge is 0.287 e. The van der Waals surface area contributed by atoms with Crippen molar-refractivity contribution in [3.8, 4) is 5.88 Å². The number of allylic oxidation sites excluding steroid dienone is 1. The van der Waals surface area contributed by atoms with Gasteiger partial charge in [0.25, 0.3) is 5.88 Å². The average molecular weight is 454 g/mol. The highest BCUT2D eigenvalue weighted by atomic mass is 79.9. The molecule has 0 aliphatic rings. The van der Waals surface area contributed by atoms with Gasteiger partial charge in [0, 0.05) is 30.7 Å². The number of halogens is 2. The highest BCUT2D eigenvalue weighted by molar-refractivity contribution is 9.10. The number of aliphatic imine (C=N–C) groups is 1. The Bertz CT molecular complexity index is 884. The van der Waals surface area contributed by atoms with E-state index in [9.17, 15) is 4.39 Å². The molecule has 0 fully saturated rings. The normalized spacial score (nSPS) is 11.2. The number of hydrogen-bond acceptors (Lipinski definition) is 7. The number of nitrogens with one attached hydrogen (secondary N) is 1. The zero-order valence-corrected chi connectivity index (χ0v) is 17.2. The van der Waals surface area contributed by atoms with Gasteiger partial charge in [-0.1, -0.05) is 13.2 Å². The first-order valence-corrected chi connectivity index (χ1v) is 9.04. The lowest BCUT2D eigenvalue weighted by molar-refractivity contribution is 0.261. The molecule has 8 nitrogen and oxygen atoms in total. The number of amidine groups is 1. The fourth-order valence-electron chi connectivity index (χ4n) is 2.31. The first-order chi connectivity index (χ1) is 13.4. The summed E-state index contributed by atoms with van der Waals surface area (Å²) in [6.07, 6.45) is 0. The maximum atomic E-state index is 13.6. The molecule has 0 radical (unpaired) electrons. The highest BCUT2D eigenvalue weighted by Crippen LogP contribution is 2.28. The van der Waals surface area contributed by atoms with Crippen molar-refractivity contribution in [2.45, 2.75) is 6.92 Å². The van der Waals surface area contributed by atoms with Gasteiger partial charge in [-0.15, -0.1) is 0 Å².